The van der Waals surface area contributed by atoms with Crippen molar-refractivity contribution < 1.29 is 9.90 Å². The minimum absolute atomic E-state index is 0.0344. The summed E-state index contributed by atoms with van der Waals surface area (Å²) in [4.78, 5) is 30.7. The van der Waals surface area contributed by atoms with Crippen LogP contribution in [0, 0.1) is 0 Å². The van der Waals surface area contributed by atoms with Crippen molar-refractivity contribution in [3.8, 4) is 0 Å². The van der Waals surface area contributed by atoms with Gasteiger partial charge in [-0.05, 0) is 26.3 Å². The number of carbonyl (C=O) groups is 1. The van der Waals surface area contributed by atoms with Gasteiger partial charge in [0.2, 0.25) is 0 Å². The molecule has 0 unspecified atom stereocenters. The Morgan fingerprint density at radius 1 is 1.48 bits per heavy atom. The molecule has 0 bridgehead atoms. The van der Waals surface area contributed by atoms with Gasteiger partial charge in [0.1, 0.15) is 16.2 Å². The van der Waals surface area contributed by atoms with Crippen molar-refractivity contribution in [1.82, 2.24) is 9.55 Å². The molecule has 0 aromatic carbocycles. The predicted octanol–water partition coefficient (Wildman–Crippen LogP) is 2.96. The van der Waals surface area contributed by atoms with Crippen molar-refractivity contribution in [2.45, 2.75) is 52.5 Å². The molecule has 0 aliphatic rings. The van der Waals surface area contributed by atoms with Crippen molar-refractivity contribution in [3.05, 3.63) is 27.1 Å². The largest absolute Gasteiger partial charge is 0.480 e. The van der Waals surface area contributed by atoms with Crippen LogP contribution in [0.4, 0.5) is 0 Å². The van der Waals surface area contributed by atoms with Crippen LogP contribution in [-0.4, -0.2) is 20.6 Å². The number of carboxylic acids is 1. The van der Waals surface area contributed by atoms with Crippen LogP contribution >= 0.6 is 11.3 Å². The second kappa shape index (κ2) is 5.26. The van der Waals surface area contributed by atoms with Crippen molar-refractivity contribution in [2.24, 2.45) is 0 Å². The van der Waals surface area contributed by atoms with Crippen LogP contribution in [0.1, 0.15) is 51.2 Å². The zero-order chi connectivity index (χ0) is 15.9. The summed E-state index contributed by atoms with van der Waals surface area (Å²) in [6, 6.07) is 1.83. The number of carboxylic acid groups (broad SMARTS) is 1. The summed E-state index contributed by atoms with van der Waals surface area (Å²) in [7, 11) is 0. The predicted molar refractivity (Wildman–Crippen MR) is 84.3 cm³/mol. The molecular weight excluding hydrogens is 288 g/mol. The lowest BCUT2D eigenvalue weighted by molar-refractivity contribution is -0.146. The van der Waals surface area contributed by atoms with Gasteiger partial charge in [-0.1, -0.05) is 20.8 Å². The lowest BCUT2D eigenvalue weighted by Gasteiger charge is -2.26. The third-order valence-electron chi connectivity index (χ3n) is 3.59. The van der Waals surface area contributed by atoms with Crippen LogP contribution in [0.25, 0.3) is 10.2 Å². The molecule has 1 N–H and O–H groups in total. The van der Waals surface area contributed by atoms with Gasteiger partial charge in [-0.3, -0.25) is 9.36 Å². The summed E-state index contributed by atoms with van der Waals surface area (Å²) in [5, 5.41) is 9.97. The first kappa shape index (κ1) is 15.7. The van der Waals surface area contributed by atoms with E-state index in [0.717, 1.165) is 11.3 Å². The van der Waals surface area contributed by atoms with E-state index in [1.807, 2.05) is 26.8 Å². The van der Waals surface area contributed by atoms with Gasteiger partial charge in [-0.15, -0.1) is 11.3 Å². The van der Waals surface area contributed by atoms with E-state index in [0.29, 0.717) is 16.0 Å². The SMILES string of the molecule is CCc1cc2c(=O)n(C(C)(C)C(=O)O)c(C(C)C)nc2s1. The number of rotatable bonds is 4. The quantitative estimate of drug-likeness (QED) is 0.942. The average Bonchev–Trinajstić information content (AvgIpc) is 2.81. The highest BCUT2D eigenvalue weighted by Crippen LogP contribution is 2.27. The molecule has 0 saturated heterocycles. The van der Waals surface area contributed by atoms with Crippen LogP contribution in [0.2, 0.25) is 0 Å². The summed E-state index contributed by atoms with van der Waals surface area (Å²) in [5.74, 6) is -0.559. The third-order valence-corrected chi connectivity index (χ3v) is 4.76. The van der Waals surface area contributed by atoms with Crippen LogP contribution in [0.5, 0.6) is 0 Å². The first-order valence-corrected chi connectivity index (χ1v) is 7.81. The maximum absolute atomic E-state index is 12.8. The minimum atomic E-state index is -1.33. The zero-order valence-electron chi connectivity index (χ0n) is 12.9. The van der Waals surface area contributed by atoms with E-state index in [-0.39, 0.29) is 11.5 Å². The molecule has 0 amide bonds. The summed E-state index contributed by atoms with van der Waals surface area (Å²) in [6.45, 7) is 8.91. The number of thiophene rings is 1. The molecule has 114 valence electrons. The van der Waals surface area contributed by atoms with E-state index in [4.69, 9.17) is 0 Å². The number of hydrogen-bond acceptors (Lipinski definition) is 4. The molecule has 0 spiro atoms. The minimum Gasteiger partial charge on any atom is -0.480 e. The summed E-state index contributed by atoms with van der Waals surface area (Å²) >= 11 is 1.50. The van der Waals surface area contributed by atoms with Crippen molar-refractivity contribution in [2.75, 3.05) is 0 Å². The normalized spacial score (nSPS) is 12.3. The van der Waals surface area contributed by atoms with Gasteiger partial charge in [0.15, 0.2) is 0 Å². The lowest BCUT2D eigenvalue weighted by atomic mass is 10.0. The highest BCUT2D eigenvalue weighted by molar-refractivity contribution is 7.18. The Morgan fingerprint density at radius 3 is 2.57 bits per heavy atom. The molecular formula is C15H20N2O3S. The van der Waals surface area contributed by atoms with Gasteiger partial charge in [0.05, 0.1) is 5.39 Å². The molecule has 21 heavy (non-hydrogen) atoms. The van der Waals surface area contributed by atoms with E-state index in [2.05, 4.69) is 4.98 Å². The molecule has 0 aliphatic heterocycles. The molecule has 6 heteroatoms. The number of hydrogen-bond donors (Lipinski definition) is 1. The first-order chi connectivity index (χ1) is 9.70. The van der Waals surface area contributed by atoms with E-state index in [9.17, 15) is 14.7 Å². The van der Waals surface area contributed by atoms with Crippen LogP contribution in [0.3, 0.4) is 0 Å². The second-order valence-electron chi connectivity index (χ2n) is 5.91. The maximum atomic E-state index is 12.8. The lowest BCUT2D eigenvalue weighted by Crippen LogP contribution is -2.45. The Bertz CT molecular complexity index is 756. The number of fused-ring (bicyclic) bond motifs is 1. The van der Waals surface area contributed by atoms with Crippen molar-refractivity contribution in [3.63, 3.8) is 0 Å². The summed E-state index contributed by atoms with van der Waals surface area (Å²) in [6.07, 6.45) is 0.833. The molecule has 5 nitrogen and oxygen atoms in total. The van der Waals surface area contributed by atoms with E-state index < -0.39 is 11.5 Å². The molecule has 2 heterocycles. The van der Waals surface area contributed by atoms with Gasteiger partial charge in [-0.2, -0.15) is 0 Å². The third kappa shape index (κ3) is 2.48. The first-order valence-electron chi connectivity index (χ1n) is 6.99. The van der Waals surface area contributed by atoms with Crippen LogP contribution in [-0.2, 0) is 16.8 Å². The van der Waals surface area contributed by atoms with Gasteiger partial charge in [0, 0.05) is 10.8 Å². The molecule has 0 aliphatic carbocycles. The topological polar surface area (TPSA) is 72.2 Å². The maximum Gasteiger partial charge on any atom is 0.329 e. The van der Waals surface area contributed by atoms with Gasteiger partial charge >= 0.3 is 5.97 Å². The molecule has 2 rings (SSSR count). The molecule has 0 atom stereocenters. The van der Waals surface area contributed by atoms with E-state index >= 15 is 0 Å². The zero-order valence-corrected chi connectivity index (χ0v) is 13.7. The Balaban J connectivity index is 2.90. The Kier molecular flexibility index (Phi) is 3.93. The summed E-state index contributed by atoms with van der Waals surface area (Å²) in [5.41, 5.74) is -1.60. The van der Waals surface area contributed by atoms with Crippen molar-refractivity contribution >= 4 is 27.5 Å². The Labute approximate surface area is 127 Å². The molecule has 0 radical (unpaired) electrons. The van der Waals surface area contributed by atoms with Gasteiger partial charge in [-0.25, -0.2) is 9.78 Å². The number of aryl methyl sites for hydroxylation is 1. The Morgan fingerprint density at radius 2 is 2.10 bits per heavy atom. The van der Waals surface area contributed by atoms with Gasteiger partial charge < -0.3 is 5.11 Å². The average molecular weight is 308 g/mol. The van der Waals surface area contributed by atoms with E-state index in [1.165, 1.54) is 29.8 Å². The van der Waals surface area contributed by atoms with Crippen LogP contribution in [0.15, 0.2) is 10.9 Å². The second-order valence-corrected chi connectivity index (χ2v) is 7.03. The molecule has 0 fully saturated rings. The summed E-state index contributed by atoms with van der Waals surface area (Å²) < 4.78 is 1.33. The highest BCUT2D eigenvalue weighted by atomic mass is 32.1. The van der Waals surface area contributed by atoms with Gasteiger partial charge in [0.25, 0.3) is 5.56 Å². The molecule has 2 aromatic heterocycles. The fraction of sp³-hybridized carbons (Fsp3) is 0.533. The smallest absolute Gasteiger partial charge is 0.329 e. The highest BCUT2D eigenvalue weighted by Gasteiger charge is 2.34. The monoisotopic (exact) mass is 308 g/mol. The van der Waals surface area contributed by atoms with Crippen LogP contribution < -0.4 is 5.56 Å². The number of aromatic nitrogens is 2. The van der Waals surface area contributed by atoms with E-state index in [1.54, 1.807) is 0 Å². The Hall–Kier alpha value is -1.69. The van der Waals surface area contributed by atoms with Crippen molar-refractivity contribution in [1.29, 1.82) is 0 Å². The fourth-order valence-electron chi connectivity index (χ4n) is 2.24. The molecule has 0 saturated carbocycles. The number of aliphatic carboxylic acids is 1. The standard InChI is InChI=1S/C15H20N2O3S/c1-6-9-7-10-12(21-9)16-11(8(2)3)17(13(10)18)15(4,5)14(19)20/h7-8H,6H2,1-5H3,(H,19,20). The number of nitrogens with zero attached hydrogens (tertiary/aromatic N) is 2. The fourth-order valence-corrected chi connectivity index (χ4v) is 3.21. The molecule has 2 aromatic rings.